The summed E-state index contributed by atoms with van der Waals surface area (Å²) in [6.07, 6.45) is 6.37. The van der Waals surface area contributed by atoms with Crippen molar-refractivity contribution < 1.29 is 4.52 Å². The highest BCUT2D eigenvalue weighted by Gasteiger charge is 2.31. The summed E-state index contributed by atoms with van der Waals surface area (Å²) in [4.78, 5) is 6.99. The van der Waals surface area contributed by atoms with Crippen LogP contribution in [0.2, 0.25) is 0 Å². The fourth-order valence-electron chi connectivity index (χ4n) is 3.19. The molecule has 3 fully saturated rings. The van der Waals surface area contributed by atoms with Crippen molar-refractivity contribution in [2.24, 2.45) is 0 Å². The SMILES string of the molecule is C1CC2CN(Cc3noc(C4CC4)n3)CCC1N2. The smallest absolute Gasteiger partial charge is 0.229 e. The highest BCUT2D eigenvalue weighted by Crippen LogP contribution is 2.38. The number of nitrogens with one attached hydrogen (secondary N) is 1. The molecule has 1 aromatic rings. The van der Waals surface area contributed by atoms with Crippen molar-refractivity contribution in [2.75, 3.05) is 13.1 Å². The van der Waals surface area contributed by atoms with E-state index >= 15 is 0 Å². The molecule has 0 spiro atoms. The molecule has 1 aromatic heterocycles. The van der Waals surface area contributed by atoms with Crippen molar-refractivity contribution in [1.29, 1.82) is 0 Å². The molecule has 2 unspecified atom stereocenters. The molecule has 18 heavy (non-hydrogen) atoms. The Morgan fingerprint density at radius 1 is 1.17 bits per heavy atom. The lowest BCUT2D eigenvalue weighted by molar-refractivity contribution is 0.241. The summed E-state index contributed by atoms with van der Waals surface area (Å²) >= 11 is 0. The molecule has 98 valence electrons. The van der Waals surface area contributed by atoms with Gasteiger partial charge >= 0.3 is 0 Å². The molecular weight excluding hydrogens is 228 g/mol. The molecule has 1 saturated carbocycles. The monoisotopic (exact) mass is 248 g/mol. The van der Waals surface area contributed by atoms with Crippen LogP contribution in [-0.4, -0.2) is 40.2 Å². The zero-order valence-corrected chi connectivity index (χ0v) is 10.6. The Kier molecular flexibility index (Phi) is 2.62. The lowest BCUT2D eigenvalue weighted by Crippen LogP contribution is -2.35. The summed E-state index contributed by atoms with van der Waals surface area (Å²) in [6, 6.07) is 1.42. The molecule has 3 aliphatic rings. The Morgan fingerprint density at radius 2 is 2.06 bits per heavy atom. The highest BCUT2D eigenvalue weighted by atomic mass is 16.5. The minimum atomic E-state index is 0.563. The van der Waals surface area contributed by atoms with Crippen LogP contribution in [0.25, 0.3) is 0 Å². The Morgan fingerprint density at radius 3 is 2.94 bits per heavy atom. The zero-order chi connectivity index (χ0) is 11.9. The number of aromatic nitrogens is 2. The van der Waals surface area contributed by atoms with Crippen LogP contribution < -0.4 is 5.32 Å². The maximum atomic E-state index is 5.32. The summed E-state index contributed by atoms with van der Waals surface area (Å²) in [5.74, 6) is 2.29. The first-order chi connectivity index (χ1) is 8.87. The standard InChI is InChI=1S/C13H20N4O/c1-2-9(1)13-15-12(16-18-13)8-17-6-5-10-3-4-11(7-17)14-10/h9-11,14H,1-8H2. The average molecular weight is 248 g/mol. The average Bonchev–Trinajstić information content (AvgIpc) is 2.99. The van der Waals surface area contributed by atoms with Gasteiger partial charge in [-0.25, -0.2) is 0 Å². The van der Waals surface area contributed by atoms with Crippen LogP contribution in [-0.2, 0) is 6.54 Å². The van der Waals surface area contributed by atoms with Crippen LogP contribution in [0.4, 0.5) is 0 Å². The molecule has 2 aliphatic heterocycles. The number of hydrogen-bond acceptors (Lipinski definition) is 5. The van der Waals surface area contributed by atoms with E-state index in [1.807, 2.05) is 0 Å². The summed E-state index contributed by atoms with van der Waals surface area (Å²) in [5.41, 5.74) is 0. The van der Waals surface area contributed by atoms with Gasteiger partial charge in [-0.15, -0.1) is 0 Å². The fourth-order valence-corrected chi connectivity index (χ4v) is 3.19. The molecule has 2 atom stereocenters. The second-order valence-corrected chi connectivity index (χ2v) is 5.98. The normalized spacial score (nSPS) is 32.7. The topological polar surface area (TPSA) is 54.2 Å². The number of fused-ring (bicyclic) bond motifs is 2. The van der Waals surface area contributed by atoms with Crippen molar-refractivity contribution >= 4 is 0 Å². The van der Waals surface area contributed by atoms with Gasteiger partial charge in [0.2, 0.25) is 5.89 Å². The first-order valence-electron chi connectivity index (χ1n) is 7.18. The fraction of sp³-hybridized carbons (Fsp3) is 0.846. The number of hydrogen-bond donors (Lipinski definition) is 1. The summed E-state index contributed by atoms with van der Waals surface area (Å²) < 4.78 is 5.32. The molecule has 5 nitrogen and oxygen atoms in total. The van der Waals surface area contributed by atoms with Gasteiger partial charge in [0.25, 0.3) is 0 Å². The quantitative estimate of drug-likeness (QED) is 0.873. The summed E-state index contributed by atoms with van der Waals surface area (Å²) in [7, 11) is 0. The van der Waals surface area contributed by atoms with Gasteiger partial charge in [0.05, 0.1) is 6.54 Å². The van der Waals surface area contributed by atoms with E-state index in [-0.39, 0.29) is 0 Å². The van der Waals surface area contributed by atoms with E-state index in [0.717, 1.165) is 37.4 Å². The summed E-state index contributed by atoms with van der Waals surface area (Å²) in [6.45, 7) is 3.13. The van der Waals surface area contributed by atoms with Crippen molar-refractivity contribution in [3.8, 4) is 0 Å². The lowest BCUT2D eigenvalue weighted by Gasteiger charge is -2.22. The number of rotatable bonds is 3. The molecule has 5 heteroatoms. The van der Waals surface area contributed by atoms with Crippen LogP contribution in [0.15, 0.2) is 4.52 Å². The molecule has 0 amide bonds. The van der Waals surface area contributed by atoms with Crippen molar-refractivity contribution in [3.63, 3.8) is 0 Å². The van der Waals surface area contributed by atoms with Crippen molar-refractivity contribution in [2.45, 2.75) is 56.7 Å². The molecule has 3 heterocycles. The molecule has 4 rings (SSSR count). The number of likely N-dealkylation sites (tertiary alicyclic amines) is 1. The molecule has 1 N–H and O–H groups in total. The van der Waals surface area contributed by atoms with E-state index in [0.29, 0.717) is 12.0 Å². The first-order valence-corrected chi connectivity index (χ1v) is 7.18. The maximum Gasteiger partial charge on any atom is 0.229 e. The van der Waals surface area contributed by atoms with E-state index in [9.17, 15) is 0 Å². The Hall–Kier alpha value is -0.940. The van der Waals surface area contributed by atoms with Crippen molar-refractivity contribution in [1.82, 2.24) is 20.4 Å². The van der Waals surface area contributed by atoms with Crippen LogP contribution >= 0.6 is 0 Å². The van der Waals surface area contributed by atoms with E-state index in [1.165, 1.54) is 32.1 Å². The molecule has 0 radical (unpaired) electrons. The van der Waals surface area contributed by atoms with Crippen LogP contribution in [0.5, 0.6) is 0 Å². The van der Waals surface area contributed by atoms with E-state index in [4.69, 9.17) is 4.52 Å². The van der Waals surface area contributed by atoms with Gasteiger partial charge in [-0.3, -0.25) is 4.90 Å². The summed E-state index contributed by atoms with van der Waals surface area (Å²) in [5, 5.41) is 7.81. The van der Waals surface area contributed by atoms with Crippen LogP contribution in [0.3, 0.4) is 0 Å². The molecule has 2 bridgehead atoms. The van der Waals surface area contributed by atoms with Gasteiger partial charge in [-0.05, 0) is 32.1 Å². The zero-order valence-electron chi connectivity index (χ0n) is 10.6. The molecule has 2 saturated heterocycles. The van der Waals surface area contributed by atoms with Crippen molar-refractivity contribution in [3.05, 3.63) is 11.7 Å². The van der Waals surface area contributed by atoms with Gasteiger partial charge in [0, 0.05) is 31.1 Å². The third kappa shape index (κ3) is 2.17. The van der Waals surface area contributed by atoms with Crippen LogP contribution in [0.1, 0.15) is 49.7 Å². The lowest BCUT2D eigenvalue weighted by atomic mass is 10.1. The first kappa shape index (κ1) is 10.9. The largest absolute Gasteiger partial charge is 0.339 e. The van der Waals surface area contributed by atoms with Gasteiger partial charge in [0.15, 0.2) is 5.82 Å². The molecule has 1 aliphatic carbocycles. The van der Waals surface area contributed by atoms with Crippen LogP contribution in [0, 0.1) is 0 Å². The second kappa shape index (κ2) is 4.31. The highest BCUT2D eigenvalue weighted by molar-refractivity contribution is 5.02. The van der Waals surface area contributed by atoms with E-state index < -0.39 is 0 Å². The third-order valence-electron chi connectivity index (χ3n) is 4.38. The van der Waals surface area contributed by atoms with E-state index in [1.54, 1.807) is 0 Å². The maximum absolute atomic E-state index is 5.32. The van der Waals surface area contributed by atoms with E-state index in [2.05, 4.69) is 20.4 Å². The van der Waals surface area contributed by atoms with Gasteiger partial charge < -0.3 is 9.84 Å². The van der Waals surface area contributed by atoms with Gasteiger partial charge in [0.1, 0.15) is 0 Å². The second-order valence-electron chi connectivity index (χ2n) is 5.98. The minimum absolute atomic E-state index is 0.563. The predicted octanol–water partition coefficient (Wildman–Crippen LogP) is 1.27. The number of nitrogens with zero attached hydrogens (tertiary/aromatic N) is 3. The Labute approximate surface area is 107 Å². The predicted molar refractivity (Wildman–Crippen MR) is 66.1 cm³/mol. The van der Waals surface area contributed by atoms with Gasteiger partial charge in [-0.1, -0.05) is 5.16 Å². The molecular formula is C13H20N4O. The minimum Gasteiger partial charge on any atom is -0.339 e. The Bertz CT molecular complexity index is 428. The Balaban J connectivity index is 1.40. The molecule has 0 aromatic carbocycles. The third-order valence-corrected chi connectivity index (χ3v) is 4.38. The van der Waals surface area contributed by atoms with Gasteiger partial charge in [-0.2, -0.15) is 4.98 Å².